The third-order valence-corrected chi connectivity index (χ3v) is 3.56. The molecule has 0 heterocycles. The average Bonchev–Trinajstić information content (AvgIpc) is 2.32. The van der Waals surface area contributed by atoms with E-state index in [0.29, 0.717) is 0 Å². The number of hydrogen-bond donors (Lipinski definition) is 2. The molecule has 0 amide bonds. The summed E-state index contributed by atoms with van der Waals surface area (Å²) in [5.74, 6) is 0.968. The van der Waals surface area contributed by atoms with E-state index < -0.39 is 0 Å². The molecule has 3 heteroatoms. The fourth-order valence-electron chi connectivity index (χ4n) is 2.35. The Bertz CT molecular complexity index is 400. The van der Waals surface area contributed by atoms with E-state index in [-0.39, 0.29) is 5.41 Å². The zero-order valence-electron chi connectivity index (χ0n) is 12.5. The van der Waals surface area contributed by atoms with Gasteiger partial charge in [-0.25, -0.2) is 0 Å². The minimum Gasteiger partial charge on any atom is -0.496 e. The van der Waals surface area contributed by atoms with Crippen molar-refractivity contribution in [2.45, 2.75) is 33.1 Å². The number of benzene rings is 1. The van der Waals surface area contributed by atoms with E-state index in [1.54, 1.807) is 7.11 Å². The first-order valence-corrected chi connectivity index (χ1v) is 6.44. The highest BCUT2D eigenvalue weighted by atomic mass is 16.5. The first-order chi connectivity index (χ1) is 8.44. The molecule has 1 aromatic rings. The summed E-state index contributed by atoms with van der Waals surface area (Å²) in [6.45, 7) is 10.6. The van der Waals surface area contributed by atoms with Crippen LogP contribution >= 0.6 is 0 Å². The van der Waals surface area contributed by atoms with Gasteiger partial charge in [-0.2, -0.15) is 0 Å². The predicted octanol–water partition coefficient (Wildman–Crippen LogP) is 2.36. The minimum atomic E-state index is 0.109. The maximum absolute atomic E-state index is 5.37. The Morgan fingerprint density at radius 2 is 1.83 bits per heavy atom. The molecular weight excluding hydrogens is 224 g/mol. The van der Waals surface area contributed by atoms with Gasteiger partial charge in [-0.3, -0.25) is 0 Å². The normalized spacial score (nSPS) is 11.7. The zero-order valence-corrected chi connectivity index (χ0v) is 12.5. The largest absolute Gasteiger partial charge is 0.496 e. The van der Waals surface area contributed by atoms with Crippen molar-refractivity contribution >= 4 is 0 Å². The van der Waals surface area contributed by atoms with E-state index >= 15 is 0 Å². The lowest BCUT2D eigenvalue weighted by Gasteiger charge is -2.29. The Balaban J connectivity index is 2.98. The molecule has 0 fully saturated rings. The van der Waals surface area contributed by atoms with Crippen molar-refractivity contribution in [1.82, 2.24) is 10.6 Å². The standard InChI is InChI=1S/C15H26N2O/c1-11-12(2)14(18-6)8-7-13(11)15(3,4)9-17-10-16-5/h7-8,16-17H,9-10H2,1-6H3. The van der Waals surface area contributed by atoms with E-state index in [4.69, 9.17) is 4.74 Å². The molecule has 1 aromatic carbocycles. The number of methoxy groups -OCH3 is 1. The predicted molar refractivity (Wildman–Crippen MR) is 77.4 cm³/mol. The molecule has 0 saturated carbocycles. The van der Waals surface area contributed by atoms with Gasteiger partial charge in [-0.1, -0.05) is 19.9 Å². The summed E-state index contributed by atoms with van der Waals surface area (Å²) in [6.07, 6.45) is 0. The lowest BCUT2D eigenvalue weighted by Crippen LogP contribution is -2.37. The van der Waals surface area contributed by atoms with Gasteiger partial charge in [0.25, 0.3) is 0 Å². The first kappa shape index (κ1) is 15.0. The molecule has 2 N–H and O–H groups in total. The fraction of sp³-hybridized carbons (Fsp3) is 0.600. The molecule has 0 aliphatic carbocycles. The van der Waals surface area contributed by atoms with Crippen molar-refractivity contribution in [3.63, 3.8) is 0 Å². The van der Waals surface area contributed by atoms with E-state index in [9.17, 15) is 0 Å². The Kier molecular flexibility index (Phi) is 5.17. The molecular formula is C15H26N2O. The van der Waals surface area contributed by atoms with Gasteiger partial charge >= 0.3 is 0 Å². The summed E-state index contributed by atoms with van der Waals surface area (Å²) < 4.78 is 5.37. The number of hydrogen-bond acceptors (Lipinski definition) is 3. The summed E-state index contributed by atoms with van der Waals surface area (Å²) in [5.41, 5.74) is 4.05. The van der Waals surface area contributed by atoms with E-state index in [2.05, 4.69) is 50.5 Å². The van der Waals surface area contributed by atoms with Gasteiger partial charge in [0.05, 0.1) is 7.11 Å². The van der Waals surface area contributed by atoms with E-state index in [0.717, 1.165) is 19.0 Å². The monoisotopic (exact) mass is 250 g/mol. The third-order valence-electron chi connectivity index (χ3n) is 3.56. The summed E-state index contributed by atoms with van der Waals surface area (Å²) in [5, 5.41) is 6.51. The molecule has 0 radical (unpaired) electrons. The zero-order chi connectivity index (χ0) is 13.8. The van der Waals surface area contributed by atoms with Crippen molar-refractivity contribution in [3.05, 3.63) is 28.8 Å². The lowest BCUT2D eigenvalue weighted by atomic mass is 9.80. The second-order valence-electron chi connectivity index (χ2n) is 5.41. The van der Waals surface area contributed by atoms with Crippen molar-refractivity contribution in [3.8, 4) is 5.75 Å². The fourth-order valence-corrected chi connectivity index (χ4v) is 2.35. The smallest absolute Gasteiger partial charge is 0.122 e. The van der Waals surface area contributed by atoms with Crippen LogP contribution in [0.4, 0.5) is 0 Å². The Morgan fingerprint density at radius 1 is 1.17 bits per heavy atom. The van der Waals surface area contributed by atoms with Crippen molar-refractivity contribution in [2.75, 3.05) is 27.4 Å². The van der Waals surface area contributed by atoms with Gasteiger partial charge < -0.3 is 15.4 Å². The Labute approximate surface area is 111 Å². The summed E-state index contributed by atoms with van der Waals surface area (Å²) >= 11 is 0. The topological polar surface area (TPSA) is 33.3 Å². The molecule has 0 atom stereocenters. The Hall–Kier alpha value is -1.06. The molecule has 102 valence electrons. The highest BCUT2D eigenvalue weighted by Crippen LogP contribution is 2.31. The van der Waals surface area contributed by atoms with Gasteiger partial charge in [0.2, 0.25) is 0 Å². The van der Waals surface area contributed by atoms with Gasteiger partial charge in [0.1, 0.15) is 5.75 Å². The summed E-state index contributed by atoms with van der Waals surface area (Å²) in [7, 11) is 3.67. The molecule has 0 unspecified atom stereocenters. The number of ether oxygens (including phenoxy) is 1. The maximum Gasteiger partial charge on any atom is 0.122 e. The molecule has 0 saturated heterocycles. The first-order valence-electron chi connectivity index (χ1n) is 6.44. The minimum absolute atomic E-state index is 0.109. The van der Waals surface area contributed by atoms with Crippen molar-refractivity contribution in [1.29, 1.82) is 0 Å². The van der Waals surface area contributed by atoms with Crippen molar-refractivity contribution < 1.29 is 4.74 Å². The molecule has 18 heavy (non-hydrogen) atoms. The van der Waals surface area contributed by atoms with Gasteiger partial charge in [0.15, 0.2) is 0 Å². The van der Waals surface area contributed by atoms with Gasteiger partial charge in [0, 0.05) is 18.6 Å². The second-order valence-corrected chi connectivity index (χ2v) is 5.41. The number of nitrogens with one attached hydrogen (secondary N) is 2. The van der Waals surface area contributed by atoms with Crippen LogP contribution < -0.4 is 15.4 Å². The Morgan fingerprint density at radius 3 is 2.39 bits per heavy atom. The van der Waals surface area contributed by atoms with Crippen LogP contribution in [0, 0.1) is 13.8 Å². The van der Waals surface area contributed by atoms with Crippen LogP contribution in [0.3, 0.4) is 0 Å². The average molecular weight is 250 g/mol. The van der Waals surface area contributed by atoms with Crippen LogP contribution in [-0.2, 0) is 5.41 Å². The van der Waals surface area contributed by atoms with Crippen LogP contribution in [0.5, 0.6) is 5.75 Å². The summed E-state index contributed by atoms with van der Waals surface area (Å²) in [6, 6.07) is 4.25. The molecule has 0 spiro atoms. The summed E-state index contributed by atoms with van der Waals surface area (Å²) in [4.78, 5) is 0. The van der Waals surface area contributed by atoms with Crippen LogP contribution in [0.25, 0.3) is 0 Å². The molecule has 0 aromatic heterocycles. The van der Waals surface area contributed by atoms with Gasteiger partial charge in [-0.05, 0) is 43.7 Å². The van der Waals surface area contributed by atoms with E-state index in [1.807, 2.05) is 7.05 Å². The molecule has 0 aliphatic rings. The van der Waals surface area contributed by atoms with Crippen molar-refractivity contribution in [2.24, 2.45) is 0 Å². The maximum atomic E-state index is 5.37. The third kappa shape index (κ3) is 3.24. The van der Waals surface area contributed by atoms with Crippen LogP contribution in [0.2, 0.25) is 0 Å². The number of rotatable bonds is 6. The highest BCUT2D eigenvalue weighted by Gasteiger charge is 2.23. The molecule has 0 aliphatic heterocycles. The van der Waals surface area contributed by atoms with Gasteiger partial charge in [-0.15, -0.1) is 0 Å². The van der Waals surface area contributed by atoms with Crippen LogP contribution in [0.1, 0.15) is 30.5 Å². The SMILES string of the molecule is CNCNCC(C)(C)c1ccc(OC)c(C)c1C. The molecule has 3 nitrogen and oxygen atoms in total. The quantitative estimate of drug-likeness (QED) is 0.600. The lowest BCUT2D eigenvalue weighted by molar-refractivity contribution is 0.409. The highest BCUT2D eigenvalue weighted by molar-refractivity contribution is 5.46. The van der Waals surface area contributed by atoms with Crippen LogP contribution in [0.15, 0.2) is 12.1 Å². The van der Waals surface area contributed by atoms with Crippen LogP contribution in [-0.4, -0.2) is 27.4 Å². The van der Waals surface area contributed by atoms with E-state index in [1.165, 1.54) is 16.7 Å². The second kappa shape index (κ2) is 6.21. The molecule has 0 bridgehead atoms. The molecule has 1 rings (SSSR count).